The van der Waals surface area contributed by atoms with E-state index in [1.54, 1.807) is 6.20 Å². The summed E-state index contributed by atoms with van der Waals surface area (Å²) < 4.78 is 5.35. The van der Waals surface area contributed by atoms with Crippen molar-refractivity contribution in [2.75, 3.05) is 31.2 Å². The molecule has 1 aliphatic rings. The molecule has 2 heterocycles. The van der Waals surface area contributed by atoms with Crippen LogP contribution in [0.3, 0.4) is 0 Å². The largest absolute Gasteiger partial charge is 0.378 e. The maximum atomic E-state index is 11.6. The highest BCUT2D eigenvalue weighted by Gasteiger charge is 2.16. The van der Waals surface area contributed by atoms with Gasteiger partial charge in [-0.2, -0.15) is 0 Å². The van der Waals surface area contributed by atoms with Gasteiger partial charge in [0, 0.05) is 37.4 Å². The van der Waals surface area contributed by atoms with Gasteiger partial charge in [-0.15, -0.1) is 0 Å². The molecule has 0 spiro atoms. The molecule has 1 aromatic heterocycles. The average molecular weight is 278 g/mol. The Hall–Kier alpha value is -1.82. The summed E-state index contributed by atoms with van der Waals surface area (Å²) >= 11 is 0. The molecule has 6 heteroatoms. The first-order valence-corrected chi connectivity index (χ1v) is 6.98. The molecule has 0 radical (unpaired) electrons. The molecule has 0 aliphatic carbocycles. The first-order valence-electron chi connectivity index (χ1n) is 6.98. The Morgan fingerprint density at radius 1 is 1.45 bits per heavy atom. The Labute approximate surface area is 119 Å². The normalized spacial score (nSPS) is 15.2. The Morgan fingerprint density at radius 3 is 2.90 bits per heavy atom. The Morgan fingerprint density at radius 2 is 2.20 bits per heavy atom. The number of hydrogen-bond acceptors (Lipinski definition) is 4. The molecule has 20 heavy (non-hydrogen) atoms. The number of urea groups is 1. The van der Waals surface area contributed by atoms with E-state index in [-0.39, 0.29) is 12.1 Å². The minimum Gasteiger partial charge on any atom is -0.378 e. The summed E-state index contributed by atoms with van der Waals surface area (Å²) in [5.74, 6) is 0.931. The van der Waals surface area contributed by atoms with E-state index in [4.69, 9.17) is 4.74 Å². The van der Waals surface area contributed by atoms with Crippen LogP contribution in [0.4, 0.5) is 10.6 Å². The molecule has 1 fully saturated rings. The summed E-state index contributed by atoms with van der Waals surface area (Å²) in [6, 6.07) is 3.86. The van der Waals surface area contributed by atoms with Gasteiger partial charge in [0.1, 0.15) is 5.82 Å². The van der Waals surface area contributed by atoms with E-state index in [1.807, 2.05) is 26.0 Å². The lowest BCUT2D eigenvalue weighted by Crippen LogP contribution is -2.40. The lowest BCUT2D eigenvalue weighted by atomic mass is 10.2. The molecule has 2 rings (SSSR count). The van der Waals surface area contributed by atoms with Gasteiger partial charge in [0.05, 0.1) is 13.2 Å². The van der Waals surface area contributed by atoms with Crippen molar-refractivity contribution in [1.82, 2.24) is 15.6 Å². The standard InChI is InChI=1S/C14H22N4O2/c1-11(2)17-14(19)16-10-12-4-3-5-15-13(12)18-6-8-20-9-7-18/h3-5,11H,6-10H2,1-2H3,(H2,16,17,19). The van der Waals surface area contributed by atoms with Gasteiger partial charge in [-0.05, 0) is 19.9 Å². The first-order chi connectivity index (χ1) is 9.66. The van der Waals surface area contributed by atoms with Crippen molar-refractivity contribution in [2.24, 2.45) is 0 Å². The number of ether oxygens (including phenoxy) is 1. The van der Waals surface area contributed by atoms with Crippen LogP contribution in [0.1, 0.15) is 19.4 Å². The highest BCUT2D eigenvalue weighted by atomic mass is 16.5. The second-order valence-corrected chi connectivity index (χ2v) is 5.07. The number of carbonyl (C=O) groups excluding carboxylic acids is 1. The second-order valence-electron chi connectivity index (χ2n) is 5.07. The summed E-state index contributed by atoms with van der Waals surface area (Å²) in [5, 5.41) is 5.67. The number of aromatic nitrogens is 1. The van der Waals surface area contributed by atoms with Crippen LogP contribution in [0, 0.1) is 0 Å². The van der Waals surface area contributed by atoms with Gasteiger partial charge in [0.25, 0.3) is 0 Å². The third-order valence-electron chi connectivity index (χ3n) is 3.04. The number of carbonyl (C=O) groups is 1. The SMILES string of the molecule is CC(C)NC(=O)NCc1cccnc1N1CCOCC1. The van der Waals surface area contributed by atoms with E-state index in [9.17, 15) is 4.79 Å². The zero-order valence-electron chi connectivity index (χ0n) is 12.1. The van der Waals surface area contributed by atoms with Crippen LogP contribution < -0.4 is 15.5 Å². The number of anilines is 1. The molecule has 1 aromatic rings. The van der Waals surface area contributed by atoms with E-state index in [1.165, 1.54) is 0 Å². The van der Waals surface area contributed by atoms with Crippen molar-refractivity contribution in [3.8, 4) is 0 Å². The molecule has 0 bridgehead atoms. The fourth-order valence-corrected chi connectivity index (χ4v) is 2.12. The molecule has 110 valence electrons. The quantitative estimate of drug-likeness (QED) is 0.866. The van der Waals surface area contributed by atoms with Crippen LogP contribution in [0.15, 0.2) is 18.3 Å². The monoisotopic (exact) mass is 278 g/mol. The number of rotatable bonds is 4. The molecule has 2 N–H and O–H groups in total. The third-order valence-corrected chi connectivity index (χ3v) is 3.04. The van der Waals surface area contributed by atoms with Crippen LogP contribution >= 0.6 is 0 Å². The van der Waals surface area contributed by atoms with Gasteiger partial charge in [-0.1, -0.05) is 6.07 Å². The molecule has 2 amide bonds. The minimum absolute atomic E-state index is 0.127. The minimum atomic E-state index is -0.156. The number of hydrogen-bond donors (Lipinski definition) is 2. The number of morpholine rings is 1. The fraction of sp³-hybridized carbons (Fsp3) is 0.571. The van der Waals surface area contributed by atoms with Crippen molar-refractivity contribution < 1.29 is 9.53 Å². The Bertz CT molecular complexity index is 445. The first kappa shape index (κ1) is 14.6. The maximum Gasteiger partial charge on any atom is 0.315 e. The molecule has 0 saturated carbocycles. The molecular formula is C14H22N4O2. The third kappa shape index (κ3) is 4.09. The second kappa shape index (κ2) is 7.09. The summed E-state index contributed by atoms with van der Waals surface area (Å²) in [4.78, 5) is 18.3. The van der Waals surface area contributed by atoms with Crippen LogP contribution in [0.2, 0.25) is 0 Å². The molecule has 0 atom stereocenters. The molecule has 1 saturated heterocycles. The van der Waals surface area contributed by atoms with Gasteiger partial charge in [-0.25, -0.2) is 9.78 Å². The number of nitrogens with one attached hydrogen (secondary N) is 2. The summed E-state index contributed by atoms with van der Waals surface area (Å²) in [7, 11) is 0. The summed E-state index contributed by atoms with van der Waals surface area (Å²) in [6.07, 6.45) is 1.78. The van der Waals surface area contributed by atoms with E-state index >= 15 is 0 Å². The van der Waals surface area contributed by atoms with E-state index in [0.29, 0.717) is 6.54 Å². The van der Waals surface area contributed by atoms with Gasteiger partial charge >= 0.3 is 6.03 Å². The lowest BCUT2D eigenvalue weighted by Gasteiger charge is -2.29. The van der Waals surface area contributed by atoms with Crippen molar-refractivity contribution in [3.63, 3.8) is 0 Å². The van der Waals surface area contributed by atoms with Crippen LogP contribution in [0.25, 0.3) is 0 Å². The van der Waals surface area contributed by atoms with Crippen LogP contribution in [-0.2, 0) is 11.3 Å². The maximum absolute atomic E-state index is 11.6. The highest BCUT2D eigenvalue weighted by molar-refractivity contribution is 5.74. The molecule has 6 nitrogen and oxygen atoms in total. The van der Waals surface area contributed by atoms with Crippen molar-refractivity contribution in [2.45, 2.75) is 26.4 Å². The predicted octanol–water partition coefficient (Wildman–Crippen LogP) is 1.13. The smallest absolute Gasteiger partial charge is 0.315 e. The number of nitrogens with zero attached hydrogens (tertiary/aromatic N) is 2. The number of pyridine rings is 1. The van der Waals surface area contributed by atoms with E-state index < -0.39 is 0 Å². The van der Waals surface area contributed by atoms with Gasteiger partial charge < -0.3 is 20.3 Å². The fourth-order valence-electron chi connectivity index (χ4n) is 2.12. The van der Waals surface area contributed by atoms with E-state index in [0.717, 1.165) is 37.7 Å². The van der Waals surface area contributed by atoms with Crippen molar-refractivity contribution >= 4 is 11.8 Å². The number of amides is 2. The molecule has 0 unspecified atom stereocenters. The van der Waals surface area contributed by atoms with Crippen molar-refractivity contribution in [1.29, 1.82) is 0 Å². The predicted molar refractivity (Wildman–Crippen MR) is 77.8 cm³/mol. The zero-order valence-corrected chi connectivity index (χ0v) is 12.1. The van der Waals surface area contributed by atoms with Crippen LogP contribution in [-0.4, -0.2) is 43.4 Å². The molecule has 1 aliphatic heterocycles. The van der Waals surface area contributed by atoms with E-state index in [2.05, 4.69) is 20.5 Å². The highest BCUT2D eigenvalue weighted by Crippen LogP contribution is 2.18. The van der Waals surface area contributed by atoms with Gasteiger partial charge in [0.15, 0.2) is 0 Å². The Kier molecular flexibility index (Phi) is 5.17. The molecule has 0 aromatic carbocycles. The Balaban J connectivity index is 1.98. The topological polar surface area (TPSA) is 66.5 Å². The lowest BCUT2D eigenvalue weighted by molar-refractivity contribution is 0.122. The summed E-state index contributed by atoms with van der Waals surface area (Å²) in [5.41, 5.74) is 1.02. The van der Waals surface area contributed by atoms with Crippen LogP contribution in [0.5, 0.6) is 0 Å². The van der Waals surface area contributed by atoms with Crippen molar-refractivity contribution in [3.05, 3.63) is 23.9 Å². The van der Waals surface area contributed by atoms with Gasteiger partial charge in [-0.3, -0.25) is 0 Å². The van der Waals surface area contributed by atoms with Gasteiger partial charge in [0.2, 0.25) is 0 Å². The molecular weight excluding hydrogens is 256 g/mol. The zero-order chi connectivity index (χ0) is 14.4. The average Bonchev–Trinajstić information content (AvgIpc) is 2.46. The summed E-state index contributed by atoms with van der Waals surface area (Å²) in [6.45, 7) is 7.45.